The van der Waals surface area contributed by atoms with Crippen molar-refractivity contribution < 1.29 is 19.1 Å². The molecule has 1 atom stereocenters. The Morgan fingerprint density at radius 1 is 0.926 bits per heavy atom. The second kappa shape index (κ2) is 6.61. The predicted molar refractivity (Wildman–Crippen MR) is 102 cm³/mol. The van der Waals surface area contributed by atoms with Crippen molar-refractivity contribution in [3.05, 3.63) is 88.3 Å². The van der Waals surface area contributed by atoms with Gasteiger partial charge in [-0.3, -0.25) is 0 Å². The quantitative estimate of drug-likeness (QED) is 0.429. The van der Waals surface area contributed by atoms with Crippen LogP contribution in [0.25, 0.3) is 21.7 Å². The Bertz CT molecular complexity index is 1210. The molecule has 5 nitrogen and oxygen atoms in total. The van der Waals surface area contributed by atoms with Crippen LogP contribution in [0.15, 0.2) is 75.9 Å². The summed E-state index contributed by atoms with van der Waals surface area (Å²) in [4.78, 5) is 24.0. The molecule has 0 fully saturated rings. The van der Waals surface area contributed by atoms with Gasteiger partial charge in [0.1, 0.15) is 11.3 Å². The molecule has 1 N–H and O–H groups in total. The van der Waals surface area contributed by atoms with Crippen molar-refractivity contribution in [1.82, 2.24) is 0 Å². The molecule has 1 aromatic heterocycles. The van der Waals surface area contributed by atoms with Gasteiger partial charge >= 0.3 is 11.6 Å². The van der Waals surface area contributed by atoms with Crippen LogP contribution >= 0.6 is 0 Å². The highest BCUT2D eigenvalue weighted by Gasteiger charge is 2.23. The summed E-state index contributed by atoms with van der Waals surface area (Å²) in [5, 5.41) is 11.7. The van der Waals surface area contributed by atoms with Gasteiger partial charge in [-0.2, -0.15) is 0 Å². The van der Waals surface area contributed by atoms with Crippen molar-refractivity contribution in [3.8, 4) is 5.75 Å². The summed E-state index contributed by atoms with van der Waals surface area (Å²) in [6, 6.07) is 19.4. The minimum atomic E-state index is -1.16. The van der Waals surface area contributed by atoms with Gasteiger partial charge in [0.05, 0.1) is 5.39 Å². The molecule has 0 aliphatic heterocycles. The predicted octanol–water partition coefficient (Wildman–Crippen LogP) is 4.46. The molecule has 0 aliphatic carbocycles. The van der Waals surface area contributed by atoms with E-state index in [9.17, 15) is 14.7 Å². The number of carboxylic acids is 1. The van der Waals surface area contributed by atoms with Crippen molar-refractivity contribution in [2.24, 2.45) is 0 Å². The Morgan fingerprint density at radius 3 is 2.30 bits per heavy atom. The van der Waals surface area contributed by atoms with Gasteiger partial charge in [-0.05, 0) is 30.5 Å². The summed E-state index contributed by atoms with van der Waals surface area (Å²) in [5.41, 5.74) is 1.08. The Kier molecular flexibility index (Phi) is 4.12. The summed E-state index contributed by atoms with van der Waals surface area (Å²) < 4.78 is 11.3. The first-order valence-electron chi connectivity index (χ1n) is 8.46. The Hall–Kier alpha value is -3.60. The highest BCUT2D eigenvalue weighted by atomic mass is 16.5. The van der Waals surface area contributed by atoms with Crippen LogP contribution in [0.2, 0.25) is 0 Å². The molecule has 0 spiro atoms. The zero-order chi connectivity index (χ0) is 19.0. The standard InChI is InChI=1S/C22H16O5/c1-13-18(26-20(21(23)24)14-7-3-2-4-8-14)12-11-16-15-9-5-6-10-17(15)22(25)27-19(13)16/h2-12,20H,1H3,(H,23,24)/t20-/m0/s1. The highest BCUT2D eigenvalue weighted by Crippen LogP contribution is 2.33. The Morgan fingerprint density at radius 2 is 1.59 bits per heavy atom. The first kappa shape index (κ1) is 16.8. The number of carbonyl (C=O) groups is 1. The summed E-state index contributed by atoms with van der Waals surface area (Å²) in [5.74, 6) is -0.738. The molecule has 3 aromatic carbocycles. The zero-order valence-electron chi connectivity index (χ0n) is 14.5. The molecule has 4 aromatic rings. The summed E-state index contributed by atoms with van der Waals surface area (Å²) in [6.07, 6.45) is -1.16. The van der Waals surface area contributed by atoms with Gasteiger partial charge < -0.3 is 14.3 Å². The fourth-order valence-electron chi connectivity index (χ4n) is 3.20. The van der Waals surface area contributed by atoms with Crippen LogP contribution in [0.5, 0.6) is 5.75 Å². The van der Waals surface area contributed by atoms with E-state index in [1.54, 1.807) is 55.5 Å². The van der Waals surface area contributed by atoms with E-state index in [2.05, 4.69) is 0 Å². The van der Waals surface area contributed by atoms with Crippen molar-refractivity contribution in [3.63, 3.8) is 0 Å². The lowest BCUT2D eigenvalue weighted by atomic mass is 10.0. The lowest BCUT2D eigenvalue weighted by Crippen LogP contribution is -2.18. The number of carboxylic acid groups (broad SMARTS) is 1. The monoisotopic (exact) mass is 360 g/mol. The zero-order valence-corrected chi connectivity index (χ0v) is 14.5. The summed E-state index contributed by atoms with van der Waals surface area (Å²) >= 11 is 0. The largest absolute Gasteiger partial charge is 0.478 e. The number of ether oxygens (including phenoxy) is 1. The van der Waals surface area contributed by atoms with Gasteiger partial charge in [-0.25, -0.2) is 9.59 Å². The van der Waals surface area contributed by atoms with Gasteiger partial charge in [0.25, 0.3) is 0 Å². The molecular weight excluding hydrogens is 344 g/mol. The van der Waals surface area contributed by atoms with E-state index in [-0.39, 0.29) is 0 Å². The van der Waals surface area contributed by atoms with Crippen molar-refractivity contribution >= 4 is 27.7 Å². The number of rotatable bonds is 4. The van der Waals surface area contributed by atoms with Gasteiger partial charge in [-0.1, -0.05) is 48.5 Å². The SMILES string of the molecule is Cc1c(O[C@H](C(=O)O)c2ccccc2)ccc2c1oc(=O)c1ccccc12. The van der Waals surface area contributed by atoms with Crippen molar-refractivity contribution in [2.45, 2.75) is 13.0 Å². The summed E-state index contributed by atoms with van der Waals surface area (Å²) in [7, 11) is 0. The number of fused-ring (bicyclic) bond motifs is 3. The van der Waals surface area contributed by atoms with E-state index in [1.165, 1.54) is 0 Å². The third-order valence-corrected chi connectivity index (χ3v) is 4.56. The molecule has 1 heterocycles. The maximum absolute atomic E-state index is 12.3. The molecule has 0 unspecified atom stereocenters. The third-order valence-electron chi connectivity index (χ3n) is 4.56. The van der Waals surface area contributed by atoms with Crippen LogP contribution in [-0.4, -0.2) is 11.1 Å². The molecule has 0 radical (unpaired) electrons. The fourth-order valence-corrected chi connectivity index (χ4v) is 3.20. The van der Waals surface area contributed by atoms with Gasteiger partial charge in [0, 0.05) is 16.5 Å². The van der Waals surface area contributed by atoms with E-state index in [0.29, 0.717) is 27.8 Å². The number of aryl methyl sites for hydroxylation is 1. The van der Waals surface area contributed by atoms with Gasteiger partial charge in [-0.15, -0.1) is 0 Å². The molecule has 134 valence electrons. The van der Waals surface area contributed by atoms with Gasteiger partial charge in [0.15, 0.2) is 0 Å². The minimum Gasteiger partial charge on any atom is -0.478 e. The maximum Gasteiger partial charge on any atom is 0.349 e. The summed E-state index contributed by atoms with van der Waals surface area (Å²) in [6.45, 7) is 1.75. The number of hydrogen-bond acceptors (Lipinski definition) is 4. The number of hydrogen-bond donors (Lipinski definition) is 1. The van der Waals surface area contributed by atoms with E-state index in [4.69, 9.17) is 9.15 Å². The molecule has 0 saturated carbocycles. The fraction of sp³-hybridized carbons (Fsp3) is 0.0909. The topological polar surface area (TPSA) is 76.7 Å². The third kappa shape index (κ3) is 2.93. The van der Waals surface area contributed by atoms with Crippen LogP contribution in [0.3, 0.4) is 0 Å². The van der Waals surface area contributed by atoms with Crippen LogP contribution < -0.4 is 10.4 Å². The molecule has 0 amide bonds. The normalized spacial score (nSPS) is 12.2. The number of benzene rings is 3. The lowest BCUT2D eigenvalue weighted by molar-refractivity contribution is -0.145. The van der Waals surface area contributed by atoms with Crippen LogP contribution in [0, 0.1) is 6.92 Å². The van der Waals surface area contributed by atoms with E-state index >= 15 is 0 Å². The Balaban J connectivity index is 1.86. The molecule has 0 bridgehead atoms. The van der Waals surface area contributed by atoms with E-state index < -0.39 is 17.7 Å². The molecule has 0 saturated heterocycles. The molecule has 4 rings (SSSR count). The second-order valence-corrected chi connectivity index (χ2v) is 6.25. The first-order valence-corrected chi connectivity index (χ1v) is 8.46. The molecular formula is C22H16O5. The molecule has 5 heteroatoms. The van der Waals surface area contributed by atoms with Crippen molar-refractivity contribution in [2.75, 3.05) is 0 Å². The average molecular weight is 360 g/mol. The first-order chi connectivity index (χ1) is 13.1. The molecule has 27 heavy (non-hydrogen) atoms. The minimum absolute atomic E-state index is 0.359. The van der Waals surface area contributed by atoms with Crippen molar-refractivity contribution in [1.29, 1.82) is 0 Å². The second-order valence-electron chi connectivity index (χ2n) is 6.25. The van der Waals surface area contributed by atoms with Gasteiger partial charge in [0.2, 0.25) is 6.10 Å². The highest BCUT2D eigenvalue weighted by molar-refractivity contribution is 6.05. The van der Waals surface area contributed by atoms with E-state index in [0.717, 1.165) is 10.8 Å². The van der Waals surface area contributed by atoms with E-state index in [1.807, 2.05) is 18.2 Å². The maximum atomic E-state index is 12.3. The Labute approximate surface area is 154 Å². The number of aliphatic carboxylic acids is 1. The smallest absolute Gasteiger partial charge is 0.349 e. The van der Waals surface area contributed by atoms with Crippen LogP contribution in [0.1, 0.15) is 17.2 Å². The van der Waals surface area contributed by atoms with Crippen LogP contribution in [-0.2, 0) is 4.79 Å². The molecule has 0 aliphatic rings. The average Bonchev–Trinajstić information content (AvgIpc) is 2.69. The van der Waals surface area contributed by atoms with Crippen LogP contribution in [0.4, 0.5) is 0 Å². The lowest BCUT2D eigenvalue weighted by Gasteiger charge is -2.17.